The zero-order valence-electron chi connectivity index (χ0n) is 11.4. The SMILES string of the molecule is CC1CCC(CC#Cc2ccccc2)(C(=O)O)CC1. The van der Waals surface area contributed by atoms with Crippen LogP contribution in [0.15, 0.2) is 30.3 Å². The number of hydrogen-bond acceptors (Lipinski definition) is 1. The molecule has 1 aromatic carbocycles. The van der Waals surface area contributed by atoms with E-state index in [2.05, 4.69) is 18.8 Å². The molecule has 100 valence electrons. The molecule has 0 aliphatic heterocycles. The lowest BCUT2D eigenvalue weighted by atomic mass is 9.69. The van der Waals surface area contributed by atoms with Crippen molar-refractivity contribution in [3.05, 3.63) is 35.9 Å². The molecule has 0 spiro atoms. The number of carbonyl (C=O) groups is 1. The molecule has 0 atom stereocenters. The van der Waals surface area contributed by atoms with Crippen molar-refractivity contribution in [2.75, 3.05) is 0 Å². The third-order valence-electron chi connectivity index (χ3n) is 4.12. The molecule has 0 aromatic heterocycles. The summed E-state index contributed by atoms with van der Waals surface area (Å²) in [6.07, 6.45) is 3.97. The number of aliphatic carboxylic acids is 1. The van der Waals surface area contributed by atoms with Crippen LogP contribution < -0.4 is 0 Å². The van der Waals surface area contributed by atoms with Gasteiger partial charge in [-0.1, -0.05) is 37.0 Å². The molecule has 0 radical (unpaired) electrons. The second-order valence-electron chi connectivity index (χ2n) is 5.61. The smallest absolute Gasteiger partial charge is 0.310 e. The number of benzene rings is 1. The van der Waals surface area contributed by atoms with Crippen LogP contribution in [0, 0.1) is 23.2 Å². The fourth-order valence-corrected chi connectivity index (χ4v) is 2.62. The summed E-state index contributed by atoms with van der Waals surface area (Å²) in [4.78, 5) is 11.6. The molecule has 0 unspecified atom stereocenters. The first-order valence-corrected chi connectivity index (χ1v) is 6.90. The van der Waals surface area contributed by atoms with Crippen LogP contribution in [0.25, 0.3) is 0 Å². The van der Waals surface area contributed by atoms with E-state index in [9.17, 15) is 9.90 Å². The highest BCUT2D eigenvalue weighted by molar-refractivity contribution is 5.75. The Bertz CT molecular complexity index is 485. The number of carboxylic acids is 1. The maximum Gasteiger partial charge on any atom is 0.310 e. The van der Waals surface area contributed by atoms with Gasteiger partial charge in [0.2, 0.25) is 0 Å². The molecule has 0 heterocycles. The van der Waals surface area contributed by atoms with Crippen LogP contribution >= 0.6 is 0 Å². The predicted octanol–water partition coefficient (Wildman–Crippen LogP) is 3.71. The lowest BCUT2D eigenvalue weighted by Gasteiger charge is -2.34. The van der Waals surface area contributed by atoms with Gasteiger partial charge in [-0.05, 0) is 43.7 Å². The molecule has 1 aromatic rings. The Morgan fingerprint density at radius 2 is 1.95 bits per heavy atom. The van der Waals surface area contributed by atoms with E-state index in [0.29, 0.717) is 12.3 Å². The number of carboxylic acid groups (broad SMARTS) is 1. The second kappa shape index (κ2) is 5.93. The fraction of sp³-hybridized carbons (Fsp3) is 0.471. The molecule has 19 heavy (non-hydrogen) atoms. The highest BCUT2D eigenvalue weighted by Crippen LogP contribution is 2.41. The summed E-state index contributed by atoms with van der Waals surface area (Å²) < 4.78 is 0. The maximum atomic E-state index is 11.6. The van der Waals surface area contributed by atoms with Gasteiger partial charge in [0.05, 0.1) is 5.41 Å². The van der Waals surface area contributed by atoms with Crippen molar-refractivity contribution in [1.29, 1.82) is 0 Å². The minimum Gasteiger partial charge on any atom is -0.481 e. The van der Waals surface area contributed by atoms with E-state index >= 15 is 0 Å². The summed E-state index contributed by atoms with van der Waals surface area (Å²) in [5.41, 5.74) is 0.334. The van der Waals surface area contributed by atoms with Gasteiger partial charge in [0, 0.05) is 12.0 Å². The fourth-order valence-electron chi connectivity index (χ4n) is 2.62. The average Bonchev–Trinajstić information content (AvgIpc) is 2.42. The highest BCUT2D eigenvalue weighted by atomic mass is 16.4. The van der Waals surface area contributed by atoms with Crippen LogP contribution in [0.3, 0.4) is 0 Å². The van der Waals surface area contributed by atoms with Crippen molar-refractivity contribution < 1.29 is 9.90 Å². The molecule has 0 saturated heterocycles. The number of hydrogen-bond donors (Lipinski definition) is 1. The van der Waals surface area contributed by atoms with Crippen LogP contribution in [0.5, 0.6) is 0 Å². The Balaban J connectivity index is 2.07. The zero-order chi connectivity index (χ0) is 13.7. The first kappa shape index (κ1) is 13.7. The van der Waals surface area contributed by atoms with Crippen molar-refractivity contribution in [3.8, 4) is 11.8 Å². The predicted molar refractivity (Wildman–Crippen MR) is 75.6 cm³/mol. The summed E-state index contributed by atoms with van der Waals surface area (Å²) in [5, 5.41) is 9.50. The first-order chi connectivity index (χ1) is 9.12. The lowest BCUT2D eigenvalue weighted by molar-refractivity contribution is -0.151. The van der Waals surface area contributed by atoms with Crippen LogP contribution in [-0.2, 0) is 4.79 Å². The van der Waals surface area contributed by atoms with E-state index in [1.54, 1.807) is 0 Å². The van der Waals surface area contributed by atoms with Crippen LogP contribution in [0.2, 0.25) is 0 Å². The molecule has 2 heteroatoms. The van der Waals surface area contributed by atoms with Crippen LogP contribution in [0.1, 0.15) is 44.6 Å². The molecule has 1 N–H and O–H groups in total. The van der Waals surface area contributed by atoms with Gasteiger partial charge in [-0.15, -0.1) is 0 Å². The van der Waals surface area contributed by atoms with Crippen molar-refractivity contribution >= 4 is 5.97 Å². The standard InChI is InChI=1S/C17H20O2/c1-14-9-12-17(13-10-14,16(18)19)11-5-8-15-6-3-2-4-7-15/h2-4,6-7,14H,9-13H2,1H3,(H,18,19). The first-order valence-electron chi connectivity index (χ1n) is 6.90. The third kappa shape index (κ3) is 3.38. The van der Waals surface area contributed by atoms with Gasteiger partial charge in [-0.25, -0.2) is 0 Å². The third-order valence-corrected chi connectivity index (χ3v) is 4.12. The van der Waals surface area contributed by atoms with Gasteiger partial charge in [0.25, 0.3) is 0 Å². The van der Waals surface area contributed by atoms with Gasteiger partial charge in [-0.2, -0.15) is 0 Å². The molecular formula is C17H20O2. The molecule has 2 rings (SSSR count). The molecule has 1 saturated carbocycles. The highest BCUT2D eigenvalue weighted by Gasteiger charge is 2.40. The molecule has 1 aliphatic rings. The Morgan fingerprint density at radius 3 is 2.53 bits per heavy atom. The minimum absolute atomic E-state index is 0.462. The molecular weight excluding hydrogens is 236 g/mol. The van der Waals surface area contributed by atoms with Crippen molar-refractivity contribution in [1.82, 2.24) is 0 Å². The largest absolute Gasteiger partial charge is 0.481 e. The van der Waals surface area contributed by atoms with E-state index in [-0.39, 0.29) is 0 Å². The monoisotopic (exact) mass is 256 g/mol. The molecule has 2 nitrogen and oxygen atoms in total. The Hall–Kier alpha value is -1.75. The minimum atomic E-state index is -0.679. The van der Waals surface area contributed by atoms with Crippen LogP contribution in [0.4, 0.5) is 0 Å². The van der Waals surface area contributed by atoms with Gasteiger partial charge < -0.3 is 5.11 Å². The topological polar surface area (TPSA) is 37.3 Å². The van der Waals surface area contributed by atoms with Gasteiger partial charge in [-0.3, -0.25) is 4.79 Å². The van der Waals surface area contributed by atoms with E-state index in [0.717, 1.165) is 31.2 Å². The lowest BCUT2D eigenvalue weighted by Crippen LogP contribution is -2.34. The summed E-state index contributed by atoms with van der Waals surface area (Å²) in [6, 6.07) is 9.73. The zero-order valence-corrected chi connectivity index (χ0v) is 11.4. The normalized spacial score (nSPS) is 26.3. The van der Waals surface area contributed by atoms with Crippen molar-refractivity contribution in [2.24, 2.45) is 11.3 Å². The molecule has 1 aliphatic carbocycles. The van der Waals surface area contributed by atoms with Crippen molar-refractivity contribution in [2.45, 2.75) is 39.0 Å². The van der Waals surface area contributed by atoms with E-state index in [1.807, 2.05) is 30.3 Å². The van der Waals surface area contributed by atoms with Gasteiger partial charge in [0.1, 0.15) is 0 Å². The van der Waals surface area contributed by atoms with Crippen LogP contribution in [-0.4, -0.2) is 11.1 Å². The molecule has 0 amide bonds. The second-order valence-corrected chi connectivity index (χ2v) is 5.61. The van der Waals surface area contributed by atoms with Crippen molar-refractivity contribution in [3.63, 3.8) is 0 Å². The Labute approximate surface area is 114 Å². The Kier molecular flexibility index (Phi) is 4.27. The summed E-state index contributed by atoms with van der Waals surface area (Å²) in [5.74, 6) is 6.12. The van der Waals surface area contributed by atoms with E-state index < -0.39 is 11.4 Å². The molecule has 1 fully saturated rings. The maximum absolute atomic E-state index is 11.6. The summed E-state index contributed by atoms with van der Waals surface area (Å²) >= 11 is 0. The summed E-state index contributed by atoms with van der Waals surface area (Å²) in [6.45, 7) is 2.20. The number of rotatable bonds is 2. The Morgan fingerprint density at radius 1 is 1.32 bits per heavy atom. The average molecular weight is 256 g/mol. The summed E-state index contributed by atoms with van der Waals surface area (Å²) in [7, 11) is 0. The van der Waals surface area contributed by atoms with Gasteiger partial charge in [0.15, 0.2) is 0 Å². The molecule has 0 bridgehead atoms. The van der Waals surface area contributed by atoms with E-state index in [4.69, 9.17) is 0 Å². The quantitative estimate of drug-likeness (QED) is 0.819. The van der Waals surface area contributed by atoms with E-state index in [1.165, 1.54) is 0 Å². The van der Waals surface area contributed by atoms with Gasteiger partial charge >= 0.3 is 5.97 Å².